The van der Waals surface area contributed by atoms with Crippen molar-refractivity contribution in [2.75, 3.05) is 26.3 Å². The van der Waals surface area contributed by atoms with Gasteiger partial charge in [0.15, 0.2) is 0 Å². The van der Waals surface area contributed by atoms with E-state index in [1.807, 2.05) is 22.9 Å². The minimum Gasteiger partial charge on any atom is -0.380 e. The zero-order chi connectivity index (χ0) is 17.1. The van der Waals surface area contributed by atoms with E-state index in [2.05, 4.69) is 40.6 Å². The van der Waals surface area contributed by atoms with E-state index in [1.54, 1.807) is 0 Å². The van der Waals surface area contributed by atoms with Gasteiger partial charge in [0, 0.05) is 50.1 Å². The van der Waals surface area contributed by atoms with Gasteiger partial charge in [0.05, 0.1) is 18.0 Å². The largest absolute Gasteiger partial charge is 0.380 e. The number of nitrogens with zero attached hydrogens (tertiary/aromatic N) is 3. The highest BCUT2D eigenvalue weighted by Gasteiger charge is 2.27. The van der Waals surface area contributed by atoms with E-state index >= 15 is 0 Å². The maximum Gasteiger partial charge on any atom is 0.0645 e. The van der Waals surface area contributed by atoms with Crippen LogP contribution in [-0.2, 0) is 11.3 Å². The summed E-state index contributed by atoms with van der Waals surface area (Å²) in [5.74, 6) is 0. The van der Waals surface area contributed by atoms with Crippen LogP contribution in [0.4, 0.5) is 0 Å². The number of hydrogen-bond donors (Lipinski definition) is 1. The first-order valence-corrected chi connectivity index (χ1v) is 9.45. The fourth-order valence-electron chi connectivity index (χ4n) is 3.92. The molecule has 0 saturated carbocycles. The maximum absolute atomic E-state index is 5.53. The summed E-state index contributed by atoms with van der Waals surface area (Å²) < 4.78 is 7.51. The third-order valence-corrected chi connectivity index (χ3v) is 5.55. The number of nitrogens with one attached hydrogen (secondary N) is 1. The van der Waals surface area contributed by atoms with Gasteiger partial charge in [-0.15, -0.1) is 0 Å². The molecule has 1 N–H and O–H groups in total. The molecule has 3 heterocycles. The first-order valence-electron chi connectivity index (χ1n) is 9.45. The van der Waals surface area contributed by atoms with Gasteiger partial charge in [0.25, 0.3) is 0 Å². The van der Waals surface area contributed by atoms with Crippen molar-refractivity contribution in [3.05, 3.63) is 47.8 Å². The summed E-state index contributed by atoms with van der Waals surface area (Å²) in [5, 5.41) is 8.41. The van der Waals surface area contributed by atoms with Crippen LogP contribution in [0.25, 0.3) is 5.69 Å². The van der Waals surface area contributed by atoms with E-state index < -0.39 is 0 Å². The van der Waals surface area contributed by atoms with Crippen molar-refractivity contribution >= 4 is 0 Å². The lowest BCUT2D eigenvalue weighted by Crippen LogP contribution is -2.46. The van der Waals surface area contributed by atoms with Gasteiger partial charge in [-0.25, -0.2) is 4.68 Å². The molecule has 1 atom stereocenters. The summed E-state index contributed by atoms with van der Waals surface area (Å²) in [6.45, 7) is 7.24. The van der Waals surface area contributed by atoms with Gasteiger partial charge in [-0.1, -0.05) is 18.2 Å². The third kappa shape index (κ3) is 3.94. The first kappa shape index (κ1) is 16.8. The van der Waals surface area contributed by atoms with E-state index in [9.17, 15) is 0 Å². The highest BCUT2D eigenvalue weighted by Crippen LogP contribution is 2.19. The smallest absolute Gasteiger partial charge is 0.0645 e. The molecule has 5 nitrogen and oxygen atoms in total. The molecule has 1 unspecified atom stereocenters. The zero-order valence-electron chi connectivity index (χ0n) is 15.0. The fraction of sp³-hybridized carbons (Fsp3) is 0.550. The lowest BCUT2D eigenvalue weighted by molar-refractivity contribution is 0.117. The van der Waals surface area contributed by atoms with Crippen molar-refractivity contribution in [1.82, 2.24) is 20.0 Å². The molecule has 5 heteroatoms. The third-order valence-electron chi connectivity index (χ3n) is 5.55. The Hall–Kier alpha value is -1.69. The van der Waals surface area contributed by atoms with Crippen molar-refractivity contribution in [3.8, 4) is 5.69 Å². The van der Waals surface area contributed by atoms with Crippen LogP contribution in [-0.4, -0.2) is 53.1 Å². The van der Waals surface area contributed by atoms with Crippen LogP contribution in [0.5, 0.6) is 0 Å². The van der Waals surface area contributed by atoms with E-state index in [0.717, 1.165) is 31.1 Å². The Bertz CT molecular complexity index is 670. The highest BCUT2D eigenvalue weighted by molar-refractivity contribution is 5.32. The van der Waals surface area contributed by atoms with E-state index in [1.165, 1.54) is 37.9 Å². The molecule has 0 spiro atoms. The molecule has 1 aromatic heterocycles. The molecular weight excluding hydrogens is 312 g/mol. The van der Waals surface area contributed by atoms with Crippen LogP contribution in [0.2, 0.25) is 0 Å². The number of aromatic nitrogens is 2. The Morgan fingerprint density at radius 3 is 2.68 bits per heavy atom. The number of para-hydroxylation sites is 1. The molecule has 4 rings (SSSR count). The molecular formula is C20H28N4O. The Labute approximate surface area is 150 Å². The lowest BCUT2D eigenvalue weighted by atomic mass is 10.0. The van der Waals surface area contributed by atoms with Gasteiger partial charge in [-0.3, -0.25) is 4.90 Å². The second kappa shape index (κ2) is 7.68. The minimum absolute atomic E-state index is 0.609. The van der Waals surface area contributed by atoms with Crippen LogP contribution in [0.3, 0.4) is 0 Å². The zero-order valence-corrected chi connectivity index (χ0v) is 15.0. The Balaban J connectivity index is 1.30. The number of ether oxygens (including phenoxy) is 1. The Morgan fingerprint density at radius 1 is 1.16 bits per heavy atom. The number of piperidine rings is 1. The van der Waals surface area contributed by atoms with Crippen LogP contribution < -0.4 is 5.32 Å². The molecule has 25 heavy (non-hydrogen) atoms. The van der Waals surface area contributed by atoms with Crippen LogP contribution >= 0.6 is 0 Å². The van der Waals surface area contributed by atoms with E-state index in [-0.39, 0.29) is 0 Å². The molecule has 134 valence electrons. The van der Waals surface area contributed by atoms with Gasteiger partial charge in [0.1, 0.15) is 0 Å². The molecule has 2 aromatic rings. The van der Waals surface area contributed by atoms with Gasteiger partial charge in [-0.2, -0.15) is 5.10 Å². The first-order chi connectivity index (χ1) is 12.3. The summed E-state index contributed by atoms with van der Waals surface area (Å²) >= 11 is 0. The SMILES string of the molecule is Cc1nn(-c2ccccc2)cc1CNC1CCN(C2CCOC2)CC1. The van der Waals surface area contributed by atoms with Gasteiger partial charge in [-0.05, 0) is 38.3 Å². The number of rotatable bonds is 5. The van der Waals surface area contributed by atoms with Crippen LogP contribution in [0.15, 0.2) is 36.5 Å². The summed E-state index contributed by atoms with van der Waals surface area (Å²) in [6.07, 6.45) is 5.81. The topological polar surface area (TPSA) is 42.3 Å². The van der Waals surface area contributed by atoms with Gasteiger partial charge < -0.3 is 10.1 Å². The monoisotopic (exact) mass is 340 g/mol. The van der Waals surface area contributed by atoms with E-state index in [4.69, 9.17) is 4.74 Å². The standard InChI is InChI=1S/C20H28N4O/c1-16-17(14-24(22-16)19-5-3-2-4-6-19)13-21-18-7-10-23(11-8-18)20-9-12-25-15-20/h2-6,14,18,20-21H,7-13,15H2,1H3. The summed E-state index contributed by atoms with van der Waals surface area (Å²) in [7, 11) is 0. The second-order valence-electron chi connectivity index (χ2n) is 7.23. The summed E-state index contributed by atoms with van der Waals surface area (Å²) in [5.41, 5.74) is 3.51. The Kier molecular flexibility index (Phi) is 5.15. The normalized spacial score (nSPS) is 22.5. The van der Waals surface area contributed by atoms with Crippen molar-refractivity contribution in [1.29, 1.82) is 0 Å². The molecule has 2 fully saturated rings. The summed E-state index contributed by atoms with van der Waals surface area (Å²) in [4.78, 5) is 2.61. The van der Waals surface area contributed by atoms with Crippen molar-refractivity contribution < 1.29 is 4.74 Å². The number of likely N-dealkylation sites (tertiary alicyclic amines) is 1. The van der Waals surface area contributed by atoms with Crippen molar-refractivity contribution in [2.45, 2.75) is 44.8 Å². The number of hydrogen-bond acceptors (Lipinski definition) is 4. The van der Waals surface area contributed by atoms with Crippen LogP contribution in [0.1, 0.15) is 30.5 Å². The maximum atomic E-state index is 5.53. The molecule has 2 aliphatic rings. The lowest BCUT2D eigenvalue weighted by Gasteiger charge is -2.35. The minimum atomic E-state index is 0.609. The van der Waals surface area contributed by atoms with Crippen molar-refractivity contribution in [2.24, 2.45) is 0 Å². The fourth-order valence-corrected chi connectivity index (χ4v) is 3.92. The average molecular weight is 340 g/mol. The van der Waals surface area contributed by atoms with Gasteiger partial charge >= 0.3 is 0 Å². The Morgan fingerprint density at radius 2 is 1.96 bits per heavy atom. The predicted molar refractivity (Wildman–Crippen MR) is 99.0 cm³/mol. The molecule has 0 bridgehead atoms. The van der Waals surface area contributed by atoms with E-state index in [0.29, 0.717) is 12.1 Å². The number of aryl methyl sites for hydroxylation is 1. The second-order valence-corrected chi connectivity index (χ2v) is 7.23. The molecule has 2 saturated heterocycles. The van der Waals surface area contributed by atoms with Crippen molar-refractivity contribution in [3.63, 3.8) is 0 Å². The highest BCUT2D eigenvalue weighted by atomic mass is 16.5. The van der Waals surface area contributed by atoms with Crippen LogP contribution in [0, 0.1) is 6.92 Å². The molecule has 0 aliphatic carbocycles. The molecule has 0 radical (unpaired) electrons. The summed E-state index contributed by atoms with van der Waals surface area (Å²) in [6, 6.07) is 11.6. The van der Waals surface area contributed by atoms with Gasteiger partial charge in [0.2, 0.25) is 0 Å². The average Bonchev–Trinajstić information content (AvgIpc) is 3.31. The quantitative estimate of drug-likeness (QED) is 0.908. The molecule has 2 aliphatic heterocycles. The number of benzene rings is 1. The molecule has 0 amide bonds. The predicted octanol–water partition coefficient (Wildman–Crippen LogP) is 2.52. The molecule has 1 aromatic carbocycles.